The van der Waals surface area contributed by atoms with Gasteiger partial charge in [-0.25, -0.2) is 27.8 Å². The highest BCUT2D eigenvalue weighted by Crippen LogP contribution is 2.36. The van der Waals surface area contributed by atoms with E-state index < -0.39 is 9.84 Å². The van der Waals surface area contributed by atoms with Gasteiger partial charge in [-0.3, -0.25) is 0 Å². The summed E-state index contributed by atoms with van der Waals surface area (Å²) in [7, 11) is -3.39. The maximum absolute atomic E-state index is 15.0. The number of rotatable bonds is 10. The average molecular weight is 629 g/mol. The lowest BCUT2D eigenvalue weighted by Crippen LogP contribution is -2.36. The number of ether oxygens (including phenoxy) is 1. The first kappa shape index (κ1) is 30.1. The third kappa shape index (κ3) is 6.88. The minimum Gasteiger partial charge on any atom is -0.378 e. The van der Waals surface area contributed by atoms with E-state index in [0.29, 0.717) is 55.6 Å². The lowest BCUT2D eigenvalue weighted by atomic mass is 10.0. The lowest BCUT2D eigenvalue weighted by molar-refractivity contribution is 0.122. The van der Waals surface area contributed by atoms with E-state index in [2.05, 4.69) is 11.9 Å². The number of sulfone groups is 1. The van der Waals surface area contributed by atoms with E-state index in [1.54, 1.807) is 47.9 Å². The van der Waals surface area contributed by atoms with Gasteiger partial charge in [-0.1, -0.05) is 49.4 Å². The number of anilines is 1. The summed E-state index contributed by atoms with van der Waals surface area (Å²) in [5, 5.41) is 0.980. The van der Waals surface area contributed by atoms with Crippen LogP contribution in [0.2, 0.25) is 0 Å². The molecule has 3 aromatic carbocycles. The molecule has 2 aromatic heterocycles. The van der Waals surface area contributed by atoms with Crippen molar-refractivity contribution in [2.24, 2.45) is 0 Å². The summed E-state index contributed by atoms with van der Waals surface area (Å²) in [5.74, 6) is 0.362. The highest BCUT2D eigenvalue weighted by molar-refractivity contribution is 7.91. The Kier molecular flexibility index (Phi) is 9.11. The fourth-order valence-electron chi connectivity index (χ4n) is 5.27. The van der Waals surface area contributed by atoms with Gasteiger partial charge in [-0.2, -0.15) is 0 Å². The molecule has 0 N–H and O–H groups in total. The summed E-state index contributed by atoms with van der Waals surface area (Å²) in [6, 6.07) is 23.6. The number of nitrogens with zero attached hydrogens (tertiary/aromatic N) is 4. The average Bonchev–Trinajstić information content (AvgIpc) is 3.50. The summed E-state index contributed by atoms with van der Waals surface area (Å²) in [4.78, 5) is 17.5. The number of aryl methyl sites for hydroxylation is 2. The number of halogens is 1. The van der Waals surface area contributed by atoms with E-state index in [1.165, 1.54) is 0 Å². The predicted octanol–water partition coefficient (Wildman–Crippen LogP) is 6.41. The van der Waals surface area contributed by atoms with Crippen LogP contribution in [-0.2, 0) is 33.8 Å². The van der Waals surface area contributed by atoms with Gasteiger partial charge in [-0.05, 0) is 60.4 Å². The largest absolute Gasteiger partial charge is 0.378 e. The molecule has 0 atom stereocenters. The highest BCUT2D eigenvalue weighted by Gasteiger charge is 2.19. The Hall–Kier alpha value is -3.99. The molecule has 0 aliphatic carbocycles. The SMILES string of the molecule is CCc1nc(-c2cccc(CCS(=O)(=O)c3ccccc3)c2)c(-c2ccnc(Cc3ccc(N4CCOCC4)c(F)c3)n2)s1. The van der Waals surface area contributed by atoms with Crippen LogP contribution in [0, 0.1) is 5.82 Å². The van der Waals surface area contributed by atoms with Crippen molar-refractivity contribution < 1.29 is 17.5 Å². The molecule has 3 heterocycles. The van der Waals surface area contributed by atoms with E-state index in [0.717, 1.165) is 44.4 Å². The third-order valence-corrected chi connectivity index (χ3v) is 10.6. The van der Waals surface area contributed by atoms with E-state index >= 15 is 4.39 Å². The summed E-state index contributed by atoms with van der Waals surface area (Å²) >= 11 is 1.59. The fraction of sp³-hybridized carbons (Fsp3) is 0.265. The molecule has 0 amide bonds. The van der Waals surface area contributed by atoms with E-state index in [9.17, 15) is 8.42 Å². The molecule has 0 unspecified atom stereocenters. The second-order valence-electron chi connectivity index (χ2n) is 10.6. The fourth-order valence-corrected chi connectivity index (χ4v) is 7.58. The van der Waals surface area contributed by atoms with E-state index in [1.807, 2.05) is 53.4 Å². The minimum absolute atomic E-state index is 0.0217. The Morgan fingerprint density at radius 3 is 2.52 bits per heavy atom. The van der Waals surface area contributed by atoms with Crippen LogP contribution in [0.25, 0.3) is 21.8 Å². The molecular formula is C34H33FN4O3S2. The number of thiazole rings is 1. The molecule has 0 spiro atoms. The topological polar surface area (TPSA) is 85.3 Å². The maximum atomic E-state index is 15.0. The van der Waals surface area contributed by atoms with Gasteiger partial charge in [0, 0.05) is 31.3 Å². The monoisotopic (exact) mass is 628 g/mol. The van der Waals surface area contributed by atoms with Crippen molar-refractivity contribution in [3.8, 4) is 21.8 Å². The molecule has 10 heteroatoms. The first-order valence-electron chi connectivity index (χ1n) is 14.7. The molecule has 1 aliphatic heterocycles. The van der Waals surface area contributed by atoms with Crippen molar-refractivity contribution in [1.82, 2.24) is 15.0 Å². The Labute approximate surface area is 261 Å². The van der Waals surface area contributed by atoms with Crippen LogP contribution in [0.3, 0.4) is 0 Å². The molecule has 0 bridgehead atoms. The summed E-state index contributed by atoms with van der Waals surface area (Å²) in [5.41, 5.74) is 4.79. The Morgan fingerprint density at radius 2 is 1.75 bits per heavy atom. The van der Waals surface area contributed by atoms with Crippen LogP contribution in [-0.4, -0.2) is 55.4 Å². The molecule has 1 saturated heterocycles. The van der Waals surface area contributed by atoms with Gasteiger partial charge in [0.05, 0.1) is 50.8 Å². The summed E-state index contributed by atoms with van der Waals surface area (Å²) in [6.45, 7) is 4.61. The van der Waals surface area contributed by atoms with Crippen LogP contribution < -0.4 is 4.90 Å². The van der Waals surface area contributed by atoms with Gasteiger partial charge in [0.15, 0.2) is 9.84 Å². The molecule has 1 aliphatic rings. The van der Waals surface area contributed by atoms with Crippen molar-refractivity contribution in [1.29, 1.82) is 0 Å². The number of hydrogen-bond acceptors (Lipinski definition) is 8. The predicted molar refractivity (Wildman–Crippen MR) is 172 cm³/mol. The normalized spacial score (nSPS) is 13.7. The van der Waals surface area contributed by atoms with Gasteiger partial charge >= 0.3 is 0 Å². The van der Waals surface area contributed by atoms with E-state index in [-0.39, 0.29) is 11.6 Å². The van der Waals surface area contributed by atoms with Gasteiger partial charge in [0.2, 0.25) is 0 Å². The zero-order valence-electron chi connectivity index (χ0n) is 24.4. The molecule has 6 rings (SSSR count). The van der Waals surface area contributed by atoms with Crippen LogP contribution in [0.15, 0.2) is 90.0 Å². The van der Waals surface area contributed by atoms with Crippen molar-refractivity contribution in [3.05, 3.63) is 113 Å². The number of aromatic nitrogens is 3. The zero-order chi connectivity index (χ0) is 30.5. The molecule has 226 valence electrons. The van der Waals surface area contributed by atoms with Crippen molar-refractivity contribution in [3.63, 3.8) is 0 Å². The summed E-state index contributed by atoms with van der Waals surface area (Å²) < 4.78 is 46.2. The molecule has 0 saturated carbocycles. The standard InChI is InChI=1S/C34H33FN4O3S2/c1-2-32-38-33(26-8-6-7-24(21-26)14-20-44(40,41)27-9-4-3-5-10-27)34(43-32)29-13-15-36-31(37-29)23-25-11-12-30(28(35)22-25)39-16-18-42-19-17-39/h3-13,15,21-22H,2,14,16-20,23H2,1H3. The molecule has 0 radical (unpaired) electrons. The summed E-state index contributed by atoms with van der Waals surface area (Å²) in [6.07, 6.45) is 3.30. The third-order valence-electron chi connectivity index (χ3n) is 7.60. The highest BCUT2D eigenvalue weighted by atomic mass is 32.2. The van der Waals surface area contributed by atoms with Crippen molar-refractivity contribution in [2.45, 2.75) is 31.1 Å². The zero-order valence-corrected chi connectivity index (χ0v) is 26.1. The van der Waals surface area contributed by atoms with Gasteiger partial charge in [-0.15, -0.1) is 11.3 Å². The number of hydrogen-bond donors (Lipinski definition) is 0. The Balaban J connectivity index is 1.23. The van der Waals surface area contributed by atoms with Gasteiger partial charge in [0.25, 0.3) is 0 Å². The number of benzene rings is 3. The smallest absolute Gasteiger partial charge is 0.178 e. The number of morpholine rings is 1. The molecular weight excluding hydrogens is 596 g/mol. The minimum atomic E-state index is -3.39. The van der Waals surface area contributed by atoms with Crippen LogP contribution in [0.4, 0.5) is 10.1 Å². The lowest BCUT2D eigenvalue weighted by Gasteiger charge is -2.29. The first-order chi connectivity index (χ1) is 21.4. The molecule has 44 heavy (non-hydrogen) atoms. The molecule has 1 fully saturated rings. The van der Waals surface area contributed by atoms with Gasteiger partial charge in [0.1, 0.15) is 11.6 Å². The van der Waals surface area contributed by atoms with E-state index in [4.69, 9.17) is 14.7 Å². The second kappa shape index (κ2) is 13.3. The first-order valence-corrected chi connectivity index (χ1v) is 17.2. The quantitative estimate of drug-likeness (QED) is 0.177. The second-order valence-corrected chi connectivity index (χ2v) is 13.8. The Bertz CT molecular complexity index is 1860. The van der Waals surface area contributed by atoms with Crippen molar-refractivity contribution >= 4 is 26.9 Å². The van der Waals surface area contributed by atoms with Crippen molar-refractivity contribution in [2.75, 3.05) is 37.0 Å². The van der Waals surface area contributed by atoms with Crippen LogP contribution in [0.5, 0.6) is 0 Å². The molecule has 5 aromatic rings. The molecule has 7 nitrogen and oxygen atoms in total. The van der Waals surface area contributed by atoms with Crippen LogP contribution in [0.1, 0.15) is 28.9 Å². The maximum Gasteiger partial charge on any atom is 0.178 e. The van der Waals surface area contributed by atoms with Gasteiger partial charge < -0.3 is 9.64 Å². The van der Waals surface area contributed by atoms with Crippen LogP contribution >= 0.6 is 11.3 Å². The Morgan fingerprint density at radius 1 is 0.932 bits per heavy atom.